The Labute approximate surface area is 185 Å². The molecule has 2 aliphatic heterocycles. The third-order valence-corrected chi connectivity index (χ3v) is 8.57. The average Bonchev–Trinajstić information content (AvgIpc) is 3.17. The Bertz CT molecular complexity index is 1100. The van der Waals surface area contributed by atoms with E-state index in [-0.39, 0.29) is 28.7 Å². The van der Waals surface area contributed by atoms with E-state index in [1.807, 2.05) is 37.3 Å². The summed E-state index contributed by atoms with van der Waals surface area (Å²) >= 11 is 7.36. The number of amidine groups is 1. The van der Waals surface area contributed by atoms with Gasteiger partial charge in [0, 0.05) is 28.1 Å². The standard InChI is InChI=1S/C21H22ClN3O3S2/c1-13-2-5-15(20(26)23-9-8-14-3-6-16(22)7-4-14)10-17(13)24-21-25-18-11-30(27,28)12-19(18)29-21/h2-7,10,18-19H,8-9,11-12H2,1H3,(H,23,26)(H,24,25)/t18-,19+/m0/s1. The zero-order chi connectivity index (χ0) is 21.3. The fourth-order valence-corrected chi connectivity index (χ4v) is 7.30. The maximum atomic E-state index is 12.6. The first-order chi connectivity index (χ1) is 14.3. The lowest BCUT2D eigenvalue weighted by Gasteiger charge is -2.12. The molecule has 2 heterocycles. The minimum absolute atomic E-state index is 0.0165. The van der Waals surface area contributed by atoms with Crippen molar-refractivity contribution in [1.29, 1.82) is 0 Å². The van der Waals surface area contributed by atoms with Crippen LogP contribution in [0.25, 0.3) is 0 Å². The summed E-state index contributed by atoms with van der Waals surface area (Å²) in [6.45, 7) is 2.48. The van der Waals surface area contributed by atoms with Crippen molar-refractivity contribution in [3.05, 3.63) is 64.2 Å². The number of aryl methyl sites for hydroxylation is 1. The second-order valence-electron chi connectivity index (χ2n) is 7.52. The molecule has 1 amide bonds. The van der Waals surface area contributed by atoms with E-state index < -0.39 is 9.84 Å². The molecule has 0 bridgehead atoms. The van der Waals surface area contributed by atoms with Crippen LogP contribution in [0, 0.1) is 6.92 Å². The topological polar surface area (TPSA) is 87.6 Å². The van der Waals surface area contributed by atoms with Gasteiger partial charge in [0.1, 0.15) is 0 Å². The van der Waals surface area contributed by atoms with Crippen molar-refractivity contribution in [2.24, 2.45) is 4.99 Å². The summed E-state index contributed by atoms with van der Waals surface area (Å²) in [5.74, 6) is 0.146. The van der Waals surface area contributed by atoms with Gasteiger partial charge in [0.25, 0.3) is 5.91 Å². The zero-order valence-electron chi connectivity index (χ0n) is 16.4. The predicted octanol–water partition coefficient (Wildman–Crippen LogP) is 3.30. The number of fused-ring (bicyclic) bond motifs is 1. The van der Waals surface area contributed by atoms with Gasteiger partial charge in [0.15, 0.2) is 15.0 Å². The van der Waals surface area contributed by atoms with Crippen molar-refractivity contribution in [3.63, 3.8) is 0 Å². The van der Waals surface area contributed by atoms with Gasteiger partial charge in [-0.3, -0.25) is 9.79 Å². The number of hydrogen-bond donors (Lipinski definition) is 2. The summed E-state index contributed by atoms with van der Waals surface area (Å²) in [5, 5.41) is 7.60. The third-order valence-electron chi connectivity index (χ3n) is 5.17. The number of nitrogens with one attached hydrogen (secondary N) is 2. The Morgan fingerprint density at radius 3 is 2.70 bits per heavy atom. The average molecular weight is 464 g/mol. The molecule has 9 heteroatoms. The van der Waals surface area contributed by atoms with Gasteiger partial charge < -0.3 is 10.6 Å². The number of benzene rings is 2. The van der Waals surface area contributed by atoms with Crippen molar-refractivity contribution >= 4 is 50.0 Å². The molecule has 0 radical (unpaired) electrons. The van der Waals surface area contributed by atoms with Crippen LogP contribution in [0.15, 0.2) is 47.5 Å². The van der Waals surface area contributed by atoms with Gasteiger partial charge in [-0.25, -0.2) is 8.42 Å². The summed E-state index contributed by atoms with van der Waals surface area (Å²) in [5.41, 5.74) is 3.45. The second-order valence-corrected chi connectivity index (χ2v) is 11.3. The molecule has 0 spiro atoms. The highest BCUT2D eigenvalue weighted by atomic mass is 35.5. The van der Waals surface area contributed by atoms with Gasteiger partial charge in [-0.2, -0.15) is 0 Å². The summed E-state index contributed by atoms with van der Waals surface area (Å²) in [6.07, 6.45) is 0.721. The van der Waals surface area contributed by atoms with E-state index in [2.05, 4.69) is 15.6 Å². The fraction of sp³-hybridized carbons (Fsp3) is 0.333. The number of rotatable bonds is 5. The first-order valence-electron chi connectivity index (χ1n) is 9.64. The molecule has 2 aromatic rings. The van der Waals surface area contributed by atoms with E-state index in [9.17, 15) is 13.2 Å². The molecule has 2 aromatic carbocycles. The first kappa shape index (κ1) is 21.2. The van der Waals surface area contributed by atoms with Gasteiger partial charge in [-0.1, -0.05) is 41.6 Å². The van der Waals surface area contributed by atoms with Gasteiger partial charge in [-0.15, -0.1) is 0 Å². The van der Waals surface area contributed by atoms with E-state index in [0.717, 1.165) is 23.2 Å². The highest BCUT2D eigenvalue weighted by Crippen LogP contribution is 2.35. The maximum absolute atomic E-state index is 12.6. The van der Waals surface area contributed by atoms with Crippen LogP contribution in [-0.2, 0) is 16.3 Å². The quantitative estimate of drug-likeness (QED) is 0.710. The van der Waals surface area contributed by atoms with Crippen LogP contribution in [-0.4, -0.2) is 48.8 Å². The number of halogens is 1. The maximum Gasteiger partial charge on any atom is 0.251 e. The van der Waals surface area contributed by atoms with Gasteiger partial charge in [0.05, 0.1) is 17.5 Å². The number of carbonyl (C=O) groups excluding carboxylic acids is 1. The highest BCUT2D eigenvalue weighted by Gasteiger charge is 2.42. The number of anilines is 1. The van der Waals surface area contributed by atoms with E-state index in [1.54, 1.807) is 12.1 Å². The normalized spacial score (nSPS) is 21.7. The minimum Gasteiger partial charge on any atom is -0.352 e. The Morgan fingerprint density at radius 1 is 1.20 bits per heavy atom. The molecule has 2 aliphatic rings. The molecule has 0 aromatic heterocycles. The molecule has 0 aliphatic carbocycles. The number of nitrogens with zero attached hydrogens (tertiary/aromatic N) is 1. The van der Waals surface area contributed by atoms with E-state index in [4.69, 9.17) is 11.6 Å². The van der Waals surface area contributed by atoms with Crippen LogP contribution in [0.3, 0.4) is 0 Å². The summed E-state index contributed by atoms with van der Waals surface area (Å²) in [7, 11) is -2.97. The van der Waals surface area contributed by atoms with Gasteiger partial charge in [0.2, 0.25) is 0 Å². The lowest BCUT2D eigenvalue weighted by molar-refractivity contribution is 0.0954. The van der Waals surface area contributed by atoms with Crippen LogP contribution in [0.1, 0.15) is 21.5 Å². The van der Waals surface area contributed by atoms with E-state index >= 15 is 0 Å². The lowest BCUT2D eigenvalue weighted by Crippen LogP contribution is -2.25. The van der Waals surface area contributed by atoms with E-state index in [0.29, 0.717) is 22.3 Å². The van der Waals surface area contributed by atoms with Gasteiger partial charge in [-0.05, 0) is 48.7 Å². The van der Waals surface area contributed by atoms with E-state index in [1.165, 1.54) is 11.8 Å². The Kier molecular flexibility index (Phi) is 6.09. The highest BCUT2D eigenvalue weighted by molar-refractivity contribution is 8.15. The fourth-order valence-electron chi connectivity index (χ4n) is 3.50. The smallest absolute Gasteiger partial charge is 0.251 e. The molecular weight excluding hydrogens is 442 g/mol. The third kappa shape index (κ3) is 4.99. The van der Waals surface area contributed by atoms with Crippen molar-refractivity contribution in [1.82, 2.24) is 5.32 Å². The summed E-state index contributed by atoms with van der Waals surface area (Å²) in [4.78, 5) is 17.1. The van der Waals surface area contributed by atoms with Gasteiger partial charge >= 0.3 is 0 Å². The van der Waals surface area contributed by atoms with Crippen LogP contribution >= 0.6 is 23.4 Å². The number of thioether (sulfide) groups is 1. The molecule has 1 fully saturated rings. The number of hydrogen-bond acceptors (Lipinski definition) is 6. The summed E-state index contributed by atoms with van der Waals surface area (Å²) < 4.78 is 23.4. The first-order valence-corrected chi connectivity index (χ1v) is 12.7. The molecule has 0 unspecified atom stereocenters. The van der Waals surface area contributed by atoms with Crippen molar-refractivity contribution in [2.75, 3.05) is 23.4 Å². The molecule has 4 rings (SSSR count). The Balaban J connectivity index is 1.37. The minimum atomic E-state index is -2.97. The SMILES string of the molecule is Cc1ccc(C(=O)NCCc2ccc(Cl)cc2)cc1NC1=N[C@H]2CS(=O)(=O)C[C@H]2S1. The Hall–Kier alpha value is -2.03. The zero-order valence-corrected chi connectivity index (χ0v) is 18.8. The Morgan fingerprint density at radius 2 is 1.97 bits per heavy atom. The van der Waals surface area contributed by atoms with Crippen LogP contribution in [0.4, 0.5) is 5.69 Å². The second kappa shape index (κ2) is 8.61. The number of carbonyl (C=O) groups is 1. The van der Waals surface area contributed by atoms with Crippen LogP contribution in [0.2, 0.25) is 5.02 Å². The molecule has 158 valence electrons. The lowest BCUT2D eigenvalue weighted by atomic mass is 10.1. The van der Waals surface area contributed by atoms with Crippen LogP contribution < -0.4 is 10.6 Å². The predicted molar refractivity (Wildman–Crippen MR) is 124 cm³/mol. The molecule has 2 N–H and O–H groups in total. The molecular formula is C21H22ClN3O3S2. The molecule has 1 saturated heterocycles. The molecule has 6 nitrogen and oxygen atoms in total. The van der Waals surface area contributed by atoms with Crippen molar-refractivity contribution in [3.8, 4) is 0 Å². The number of amides is 1. The molecule has 2 atom stereocenters. The number of aliphatic imine (C=N–C) groups is 1. The largest absolute Gasteiger partial charge is 0.352 e. The monoisotopic (exact) mass is 463 g/mol. The van der Waals surface area contributed by atoms with Crippen molar-refractivity contribution < 1.29 is 13.2 Å². The van der Waals surface area contributed by atoms with Crippen LogP contribution in [0.5, 0.6) is 0 Å². The summed E-state index contributed by atoms with van der Waals surface area (Å²) in [6, 6.07) is 12.9. The molecule has 30 heavy (non-hydrogen) atoms. The van der Waals surface area contributed by atoms with Crippen molar-refractivity contribution in [2.45, 2.75) is 24.6 Å². The number of sulfone groups is 1. The molecule has 0 saturated carbocycles.